The summed E-state index contributed by atoms with van der Waals surface area (Å²) in [5.74, 6) is 0. The lowest BCUT2D eigenvalue weighted by Crippen LogP contribution is -1.88. The van der Waals surface area contributed by atoms with Crippen LogP contribution in [-0.2, 0) is 4.79 Å². The van der Waals surface area contributed by atoms with Crippen molar-refractivity contribution in [2.75, 3.05) is 0 Å². The van der Waals surface area contributed by atoms with Gasteiger partial charge in [-0.3, -0.25) is 4.79 Å². The Labute approximate surface area is 77.4 Å². The van der Waals surface area contributed by atoms with E-state index in [9.17, 15) is 4.79 Å². The fraction of sp³-hybridized carbons (Fsp3) is 0.300. The fourth-order valence-corrected chi connectivity index (χ4v) is 1.35. The first-order chi connectivity index (χ1) is 5.66. The van der Waals surface area contributed by atoms with E-state index in [0.29, 0.717) is 0 Å². The molecule has 0 aliphatic heterocycles. The molecule has 0 aromatic carbocycles. The molecule has 0 heterocycles. The lowest BCUT2D eigenvalue weighted by molar-refractivity contribution is -0.104. The predicted octanol–water partition coefficient (Wildman–Crippen LogP) is 2.97. The highest BCUT2D eigenvalue weighted by atomic mass is 35.5. The van der Waals surface area contributed by atoms with E-state index in [0.717, 1.165) is 34.5 Å². The molecule has 1 aliphatic rings. The summed E-state index contributed by atoms with van der Waals surface area (Å²) in [6, 6.07) is 0. The second-order valence-corrected chi connectivity index (χ2v) is 3.29. The van der Waals surface area contributed by atoms with Crippen molar-refractivity contribution in [2.45, 2.75) is 20.3 Å². The summed E-state index contributed by atoms with van der Waals surface area (Å²) in [6.45, 7) is 3.85. The molecule has 0 aromatic heterocycles. The molecule has 0 amide bonds. The summed E-state index contributed by atoms with van der Waals surface area (Å²) >= 11 is 5.97. The molecule has 1 aliphatic carbocycles. The Bertz CT molecular complexity index is 295. The van der Waals surface area contributed by atoms with Gasteiger partial charge >= 0.3 is 0 Å². The van der Waals surface area contributed by atoms with Crippen LogP contribution in [-0.4, -0.2) is 6.29 Å². The first-order valence-corrected chi connectivity index (χ1v) is 4.23. The largest absolute Gasteiger partial charge is 0.298 e. The smallest absolute Gasteiger partial charge is 0.150 e. The molecular weight excluding hydrogens is 172 g/mol. The molecule has 12 heavy (non-hydrogen) atoms. The van der Waals surface area contributed by atoms with Gasteiger partial charge in [-0.05, 0) is 25.0 Å². The summed E-state index contributed by atoms with van der Waals surface area (Å²) in [6.07, 6.45) is 5.32. The quantitative estimate of drug-likeness (QED) is 0.570. The van der Waals surface area contributed by atoms with E-state index in [1.54, 1.807) is 0 Å². The van der Waals surface area contributed by atoms with Crippen LogP contribution in [0.2, 0.25) is 0 Å². The third-order valence-electron chi connectivity index (χ3n) is 2.12. The number of hydrogen-bond donors (Lipinski definition) is 0. The molecule has 0 saturated heterocycles. The highest BCUT2D eigenvalue weighted by molar-refractivity contribution is 6.30. The Morgan fingerprint density at radius 2 is 2.08 bits per heavy atom. The maximum atomic E-state index is 10.6. The normalized spacial score (nSPS) is 18.2. The molecule has 0 unspecified atom stereocenters. The van der Waals surface area contributed by atoms with E-state index in [1.165, 1.54) is 0 Å². The highest BCUT2D eigenvalue weighted by Gasteiger charge is 2.07. The monoisotopic (exact) mass is 182 g/mol. The van der Waals surface area contributed by atoms with Gasteiger partial charge in [0, 0.05) is 17.0 Å². The predicted molar refractivity (Wildman–Crippen MR) is 51.1 cm³/mol. The van der Waals surface area contributed by atoms with Crippen LogP contribution in [0.15, 0.2) is 33.9 Å². The molecule has 64 valence electrons. The van der Waals surface area contributed by atoms with Crippen LogP contribution in [0.3, 0.4) is 0 Å². The van der Waals surface area contributed by atoms with Crippen LogP contribution in [0.5, 0.6) is 0 Å². The number of carbonyl (C=O) groups excluding carboxylic acids is 1. The van der Waals surface area contributed by atoms with Crippen LogP contribution < -0.4 is 0 Å². The standard InChI is InChI=1S/C10H11ClO/c1-7-8(2)10(11)5-3-4-9(7)6-12/h3-4,6H,5H2,1-2H3. The van der Waals surface area contributed by atoms with E-state index in [1.807, 2.05) is 26.0 Å². The Morgan fingerprint density at radius 1 is 1.42 bits per heavy atom. The van der Waals surface area contributed by atoms with Gasteiger partial charge in [-0.15, -0.1) is 0 Å². The summed E-state index contributed by atoms with van der Waals surface area (Å²) in [7, 11) is 0. The fourth-order valence-electron chi connectivity index (χ4n) is 1.12. The van der Waals surface area contributed by atoms with Crippen molar-refractivity contribution in [3.05, 3.63) is 33.9 Å². The van der Waals surface area contributed by atoms with Crippen LogP contribution >= 0.6 is 11.6 Å². The second-order valence-electron chi connectivity index (χ2n) is 2.83. The first kappa shape index (κ1) is 9.27. The van der Waals surface area contributed by atoms with Gasteiger partial charge in [0.25, 0.3) is 0 Å². The summed E-state index contributed by atoms with van der Waals surface area (Å²) in [5, 5.41) is 0.820. The topological polar surface area (TPSA) is 17.1 Å². The van der Waals surface area contributed by atoms with Crippen molar-refractivity contribution < 1.29 is 4.79 Å². The van der Waals surface area contributed by atoms with Gasteiger partial charge in [0.1, 0.15) is 6.29 Å². The zero-order valence-corrected chi connectivity index (χ0v) is 7.98. The van der Waals surface area contributed by atoms with Crippen molar-refractivity contribution in [2.24, 2.45) is 0 Å². The molecule has 0 saturated carbocycles. The summed E-state index contributed by atoms with van der Waals surface area (Å²) < 4.78 is 0. The highest BCUT2D eigenvalue weighted by Crippen LogP contribution is 2.25. The average Bonchev–Trinajstić information content (AvgIpc) is 2.19. The molecule has 1 rings (SSSR count). The zero-order valence-electron chi connectivity index (χ0n) is 7.23. The molecule has 0 atom stereocenters. The van der Waals surface area contributed by atoms with Gasteiger partial charge in [-0.25, -0.2) is 0 Å². The third-order valence-corrected chi connectivity index (χ3v) is 2.56. The Balaban J connectivity index is 3.21. The van der Waals surface area contributed by atoms with Crippen molar-refractivity contribution in [1.82, 2.24) is 0 Å². The minimum atomic E-state index is 0.724. The van der Waals surface area contributed by atoms with Gasteiger partial charge in [-0.1, -0.05) is 23.8 Å². The second kappa shape index (κ2) is 3.72. The Morgan fingerprint density at radius 3 is 2.67 bits per heavy atom. The molecule has 0 radical (unpaired) electrons. The number of hydrogen-bond acceptors (Lipinski definition) is 1. The molecule has 0 N–H and O–H groups in total. The maximum Gasteiger partial charge on any atom is 0.150 e. The molecule has 0 spiro atoms. The molecule has 0 bridgehead atoms. The van der Waals surface area contributed by atoms with Crippen molar-refractivity contribution >= 4 is 17.9 Å². The Kier molecular flexibility index (Phi) is 2.88. The van der Waals surface area contributed by atoms with Crippen LogP contribution in [0.1, 0.15) is 20.3 Å². The third kappa shape index (κ3) is 1.67. The van der Waals surface area contributed by atoms with Crippen molar-refractivity contribution in [3.8, 4) is 0 Å². The van der Waals surface area contributed by atoms with E-state index in [-0.39, 0.29) is 0 Å². The lowest BCUT2D eigenvalue weighted by atomic mass is 10.0. The van der Waals surface area contributed by atoms with Crippen molar-refractivity contribution in [3.63, 3.8) is 0 Å². The number of rotatable bonds is 1. The lowest BCUT2D eigenvalue weighted by Gasteiger charge is -2.03. The molecular formula is C10H11ClO. The molecule has 0 fully saturated rings. The van der Waals surface area contributed by atoms with Gasteiger partial charge in [0.15, 0.2) is 0 Å². The molecule has 2 heteroatoms. The van der Waals surface area contributed by atoms with Gasteiger partial charge < -0.3 is 0 Å². The number of carbonyl (C=O) groups is 1. The van der Waals surface area contributed by atoms with Gasteiger partial charge in [-0.2, -0.15) is 0 Å². The van der Waals surface area contributed by atoms with Crippen LogP contribution in [0.25, 0.3) is 0 Å². The molecule has 1 nitrogen and oxygen atoms in total. The SMILES string of the molecule is CC1=C(C=O)C=CCC(Cl)=C1C. The number of allylic oxidation sites excluding steroid dienone is 6. The maximum absolute atomic E-state index is 10.6. The van der Waals surface area contributed by atoms with E-state index < -0.39 is 0 Å². The van der Waals surface area contributed by atoms with Gasteiger partial charge in [0.2, 0.25) is 0 Å². The van der Waals surface area contributed by atoms with Crippen molar-refractivity contribution in [1.29, 1.82) is 0 Å². The zero-order chi connectivity index (χ0) is 9.14. The number of aldehydes is 1. The molecule has 0 aromatic rings. The van der Waals surface area contributed by atoms with E-state index >= 15 is 0 Å². The van der Waals surface area contributed by atoms with Crippen LogP contribution in [0.4, 0.5) is 0 Å². The summed E-state index contributed by atoms with van der Waals surface area (Å²) in [5.41, 5.74) is 2.72. The summed E-state index contributed by atoms with van der Waals surface area (Å²) in [4.78, 5) is 10.6. The van der Waals surface area contributed by atoms with Gasteiger partial charge in [0.05, 0.1) is 0 Å². The van der Waals surface area contributed by atoms with E-state index in [4.69, 9.17) is 11.6 Å². The first-order valence-electron chi connectivity index (χ1n) is 3.85. The van der Waals surface area contributed by atoms with E-state index in [2.05, 4.69) is 0 Å². The Hall–Kier alpha value is -0.820. The minimum absolute atomic E-state index is 0.724. The number of halogens is 1. The minimum Gasteiger partial charge on any atom is -0.298 e. The average molecular weight is 183 g/mol. The van der Waals surface area contributed by atoms with Crippen LogP contribution in [0, 0.1) is 0 Å².